The third-order valence-corrected chi connectivity index (χ3v) is 5.93. The summed E-state index contributed by atoms with van der Waals surface area (Å²) in [5.41, 5.74) is 0. The van der Waals surface area contributed by atoms with Gasteiger partial charge in [0.15, 0.2) is 5.96 Å². The highest BCUT2D eigenvalue weighted by Gasteiger charge is 2.19. The summed E-state index contributed by atoms with van der Waals surface area (Å²) in [6.45, 7) is 5.65. The first kappa shape index (κ1) is 20.9. The third kappa shape index (κ3) is 7.30. The molecule has 0 saturated carbocycles. The van der Waals surface area contributed by atoms with Crippen LogP contribution in [0.1, 0.15) is 23.5 Å². The second-order valence-electron chi connectivity index (χ2n) is 7.07. The van der Waals surface area contributed by atoms with Gasteiger partial charge in [-0.2, -0.15) is 0 Å². The maximum absolute atomic E-state index is 5.42. The van der Waals surface area contributed by atoms with Crippen molar-refractivity contribution in [1.82, 2.24) is 15.5 Å². The van der Waals surface area contributed by atoms with Crippen molar-refractivity contribution in [3.05, 3.63) is 46.5 Å². The van der Waals surface area contributed by atoms with E-state index in [-0.39, 0.29) is 0 Å². The molecule has 0 amide bonds. The Hall–Kier alpha value is -1.83. The van der Waals surface area contributed by atoms with E-state index in [0.29, 0.717) is 6.04 Å². The summed E-state index contributed by atoms with van der Waals surface area (Å²) in [4.78, 5) is 8.67. The minimum Gasteiger partial charge on any atom is -0.469 e. The number of guanidine groups is 1. The SMILES string of the molecule is COCCN1CCC(NC(=NCCc2cccs2)NCCc2ccco2)CC1. The van der Waals surface area contributed by atoms with Gasteiger partial charge in [0.2, 0.25) is 0 Å². The molecule has 6 nitrogen and oxygen atoms in total. The Morgan fingerprint density at radius 3 is 2.89 bits per heavy atom. The zero-order chi connectivity index (χ0) is 19.4. The number of methoxy groups -OCH3 is 1. The summed E-state index contributed by atoms with van der Waals surface area (Å²) in [6.07, 6.45) is 5.83. The number of nitrogens with zero attached hydrogens (tertiary/aromatic N) is 2. The Morgan fingerprint density at radius 2 is 2.18 bits per heavy atom. The van der Waals surface area contributed by atoms with Crippen LogP contribution >= 0.6 is 11.3 Å². The highest BCUT2D eigenvalue weighted by molar-refractivity contribution is 7.09. The van der Waals surface area contributed by atoms with Gasteiger partial charge in [-0.15, -0.1) is 11.3 Å². The topological polar surface area (TPSA) is 62.0 Å². The molecular formula is C21H32N4O2S. The molecule has 28 heavy (non-hydrogen) atoms. The first-order valence-electron chi connectivity index (χ1n) is 10.1. The lowest BCUT2D eigenvalue weighted by Gasteiger charge is -2.32. The van der Waals surface area contributed by atoms with Gasteiger partial charge in [-0.25, -0.2) is 0 Å². The first-order valence-corrected chi connectivity index (χ1v) is 11.0. The maximum Gasteiger partial charge on any atom is 0.191 e. The average Bonchev–Trinajstić information content (AvgIpc) is 3.41. The zero-order valence-corrected chi connectivity index (χ0v) is 17.5. The van der Waals surface area contributed by atoms with Crippen molar-refractivity contribution < 1.29 is 9.15 Å². The van der Waals surface area contributed by atoms with Crippen molar-refractivity contribution in [3.63, 3.8) is 0 Å². The lowest BCUT2D eigenvalue weighted by Crippen LogP contribution is -2.49. The molecule has 1 fully saturated rings. The molecule has 3 heterocycles. The van der Waals surface area contributed by atoms with Crippen molar-refractivity contribution >= 4 is 17.3 Å². The monoisotopic (exact) mass is 404 g/mol. The molecule has 2 aromatic rings. The van der Waals surface area contributed by atoms with Gasteiger partial charge in [0.1, 0.15) is 5.76 Å². The number of piperidine rings is 1. The molecule has 0 bridgehead atoms. The van der Waals surface area contributed by atoms with Gasteiger partial charge in [0.25, 0.3) is 0 Å². The Morgan fingerprint density at radius 1 is 1.29 bits per heavy atom. The van der Waals surface area contributed by atoms with E-state index in [2.05, 4.69) is 33.0 Å². The van der Waals surface area contributed by atoms with Crippen LogP contribution in [0.4, 0.5) is 0 Å². The van der Waals surface area contributed by atoms with E-state index in [1.807, 2.05) is 12.1 Å². The van der Waals surface area contributed by atoms with Crippen LogP contribution in [0, 0.1) is 0 Å². The number of furan rings is 1. The van der Waals surface area contributed by atoms with Gasteiger partial charge in [-0.1, -0.05) is 6.07 Å². The molecule has 2 N–H and O–H groups in total. The minimum atomic E-state index is 0.468. The Balaban J connectivity index is 1.46. The molecule has 154 valence electrons. The van der Waals surface area contributed by atoms with E-state index in [4.69, 9.17) is 14.1 Å². The van der Waals surface area contributed by atoms with Crippen LogP contribution in [-0.2, 0) is 17.6 Å². The molecule has 1 saturated heterocycles. The smallest absolute Gasteiger partial charge is 0.191 e. The molecule has 0 aliphatic carbocycles. The first-order chi connectivity index (χ1) is 13.8. The fraction of sp³-hybridized carbons (Fsp3) is 0.571. The number of hydrogen-bond acceptors (Lipinski definition) is 5. The van der Waals surface area contributed by atoms with Gasteiger partial charge >= 0.3 is 0 Å². The number of likely N-dealkylation sites (tertiary alicyclic amines) is 1. The molecule has 7 heteroatoms. The highest BCUT2D eigenvalue weighted by atomic mass is 32.1. The van der Waals surface area contributed by atoms with Crippen molar-refractivity contribution in [3.8, 4) is 0 Å². The van der Waals surface area contributed by atoms with E-state index >= 15 is 0 Å². The summed E-state index contributed by atoms with van der Waals surface area (Å²) in [5.74, 6) is 1.91. The van der Waals surface area contributed by atoms with Gasteiger partial charge < -0.3 is 24.7 Å². The van der Waals surface area contributed by atoms with Crippen LogP contribution in [0.2, 0.25) is 0 Å². The number of aliphatic imine (C=N–C) groups is 1. The summed E-state index contributed by atoms with van der Waals surface area (Å²) < 4.78 is 10.6. The van der Waals surface area contributed by atoms with Gasteiger partial charge in [-0.05, 0) is 36.4 Å². The Labute approximate surface area is 172 Å². The van der Waals surface area contributed by atoms with Crippen LogP contribution < -0.4 is 10.6 Å². The predicted octanol–water partition coefficient (Wildman–Crippen LogP) is 2.77. The van der Waals surface area contributed by atoms with E-state index in [1.165, 1.54) is 4.88 Å². The van der Waals surface area contributed by atoms with E-state index in [1.54, 1.807) is 24.7 Å². The molecule has 2 aromatic heterocycles. The van der Waals surface area contributed by atoms with Crippen molar-refractivity contribution in [2.24, 2.45) is 4.99 Å². The quantitative estimate of drug-likeness (QED) is 0.471. The Kier molecular flexibility index (Phi) is 8.87. The fourth-order valence-electron chi connectivity index (χ4n) is 3.36. The van der Waals surface area contributed by atoms with Crippen LogP contribution in [-0.4, -0.2) is 63.3 Å². The molecule has 0 atom stereocenters. The van der Waals surface area contributed by atoms with Crippen molar-refractivity contribution in [1.29, 1.82) is 0 Å². The molecule has 1 aliphatic heterocycles. The number of ether oxygens (including phenoxy) is 1. The molecule has 0 aromatic carbocycles. The number of rotatable bonds is 10. The second kappa shape index (κ2) is 11.9. The predicted molar refractivity (Wildman–Crippen MR) is 115 cm³/mol. The zero-order valence-electron chi connectivity index (χ0n) is 16.7. The van der Waals surface area contributed by atoms with Crippen LogP contribution in [0.5, 0.6) is 0 Å². The largest absolute Gasteiger partial charge is 0.469 e. The summed E-state index contributed by atoms with van der Waals surface area (Å²) in [5, 5.41) is 9.25. The Bertz CT molecular complexity index is 665. The lowest BCUT2D eigenvalue weighted by molar-refractivity contribution is 0.128. The maximum atomic E-state index is 5.42. The highest BCUT2D eigenvalue weighted by Crippen LogP contribution is 2.11. The van der Waals surface area contributed by atoms with Gasteiger partial charge in [0.05, 0.1) is 12.9 Å². The van der Waals surface area contributed by atoms with Crippen molar-refractivity contribution in [2.45, 2.75) is 31.7 Å². The van der Waals surface area contributed by atoms with E-state index < -0.39 is 0 Å². The third-order valence-electron chi connectivity index (χ3n) is 4.99. The van der Waals surface area contributed by atoms with Crippen LogP contribution in [0.15, 0.2) is 45.3 Å². The number of hydrogen-bond donors (Lipinski definition) is 2. The molecule has 0 unspecified atom stereocenters. The van der Waals surface area contributed by atoms with Gasteiger partial charge in [-0.3, -0.25) is 4.99 Å². The number of nitrogens with one attached hydrogen (secondary N) is 2. The number of thiophene rings is 1. The van der Waals surface area contributed by atoms with Crippen molar-refractivity contribution in [2.75, 3.05) is 46.4 Å². The van der Waals surface area contributed by atoms with Crippen LogP contribution in [0.25, 0.3) is 0 Å². The molecular weight excluding hydrogens is 372 g/mol. The van der Waals surface area contributed by atoms with Gasteiger partial charge in [0, 0.05) is 63.6 Å². The van der Waals surface area contributed by atoms with Crippen LogP contribution in [0.3, 0.4) is 0 Å². The fourth-order valence-corrected chi connectivity index (χ4v) is 4.06. The second-order valence-corrected chi connectivity index (χ2v) is 8.10. The standard InChI is InChI=1S/C21H32N4O2S/c1-26-16-14-25-12-8-18(9-13-25)24-21(22-10-6-19-4-2-15-27-19)23-11-7-20-5-3-17-28-20/h2-5,15,17-18H,6-14,16H2,1H3,(H2,22,23,24). The molecule has 1 aliphatic rings. The average molecular weight is 405 g/mol. The summed E-state index contributed by atoms with van der Waals surface area (Å²) >= 11 is 1.79. The minimum absolute atomic E-state index is 0.468. The normalized spacial score (nSPS) is 16.4. The summed E-state index contributed by atoms with van der Waals surface area (Å²) in [7, 11) is 1.77. The van der Waals surface area contributed by atoms with E-state index in [9.17, 15) is 0 Å². The van der Waals surface area contributed by atoms with E-state index in [0.717, 1.165) is 76.7 Å². The lowest BCUT2D eigenvalue weighted by atomic mass is 10.1. The molecule has 3 rings (SSSR count). The summed E-state index contributed by atoms with van der Waals surface area (Å²) in [6, 6.07) is 8.68. The molecule has 0 spiro atoms. The molecule has 0 radical (unpaired) electrons.